The van der Waals surface area contributed by atoms with Gasteiger partial charge in [0.1, 0.15) is 10.6 Å². The van der Waals surface area contributed by atoms with Crippen LogP contribution in [0, 0.1) is 5.92 Å². The van der Waals surface area contributed by atoms with Gasteiger partial charge in [-0.2, -0.15) is 4.31 Å². The standard InChI is InChI=1S/C23H29N3O5S/c1-15(2)18-6-9-20(31-3)21(14-18)32(29,30)26-12-10-17(11-13-26)23(28)25-19-7-4-16(5-8-19)22(24)27/h4-9,14-15,17H,10-13H2,1-3H3,(H2,24,27)(H,25,28). The van der Waals surface area contributed by atoms with Gasteiger partial charge in [-0.25, -0.2) is 8.42 Å². The highest BCUT2D eigenvalue weighted by molar-refractivity contribution is 7.89. The molecule has 32 heavy (non-hydrogen) atoms. The lowest BCUT2D eigenvalue weighted by Gasteiger charge is -2.31. The van der Waals surface area contributed by atoms with E-state index in [1.54, 1.807) is 36.4 Å². The van der Waals surface area contributed by atoms with E-state index < -0.39 is 15.9 Å². The van der Waals surface area contributed by atoms with Crippen molar-refractivity contribution in [1.29, 1.82) is 0 Å². The number of rotatable bonds is 7. The van der Waals surface area contributed by atoms with Crippen molar-refractivity contribution in [2.45, 2.75) is 37.5 Å². The molecule has 3 rings (SSSR count). The number of nitrogens with zero attached hydrogens (tertiary/aromatic N) is 1. The zero-order valence-electron chi connectivity index (χ0n) is 18.5. The van der Waals surface area contributed by atoms with Crippen LogP contribution in [0.5, 0.6) is 5.75 Å². The van der Waals surface area contributed by atoms with Crippen LogP contribution in [0.25, 0.3) is 0 Å². The molecule has 0 aliphatic carbocycles. The Morgan fingerprint density at radius 2 is 1.72 bits per heavy atom. The highest BCUT2D eigenvalue weighted by atomic mass is 32.2. The number of primary amides is 1. The molecule has 1 aliphatic heterocycles. The maximum Gasteiger partial charge on any atom is 0.248 e. The summed E-state index contributed by atoms with van der Waals surface area (Å²) in [5, 5.41) is 2.82. The average Bonchev–Trinajstić information content (AvgIpc) is 2.79. The monoisotopic (exact) mass is 459 g/mol. The van der Waals surface area contributed by atoms with Gasteiger partial charge in [0.25, 0.3) is 0 Å². The van der Waals surface area contributed by atoms with Gasteiger partial charge >= 0.3 is 0 Å². The lowest BCUT2D eigenvalue weighted by molar-refractivity contribution is -0.120. The van der Waals surface area contributed by atoms with Gasteiger partial charge < -0.3 is 15.8 Å². The third kappa shape index (κ3) is 5.11. The summed E-state index contributed by atoms with van der Waals surface area (Å²) >= 11 is 0. The summed E-state index contributed by atoms with van der Waals surface area (Å²) in [5.41, 5.74) is 7.06. The molecular formula is C23H29N3O5S. The number of amides is 2. The van der Waals surface area contributed by atoms with Crippen molar-refractivity contribution in [1.82, 2.24) is 4.31 Å². The number of ether oxygens (including phenoxy) is 1. The molecule has 0 spiro atoms. The number of carbonyl (C=O) groups is 2. The molecule has 0 saturated carbocycles. The fraction of sp³-hybridized carbons (Fsp3) is 0.391. The Morgan fingerprint density at radius 1 is 1.09 bits per heavy atom. The van der Waals surface area contributed by atoms with E-state index in [0.717, 1.165) is 5.56 Å². The van der Waals surface area contributed by atoms with Crippen molar-refractivity contribution < 1.29 is 22.7 Å². The second kappa shape index (κ2) is 9.70. The number of sulfonamides is 1. The van der Waals surface area contributed by atoms with Crippen LogP contribution in [-0.2, 0) is 14.8 Å². The van der Waals surface area contributed by atoms with E-state index in [1.165, 1.54) is 11.4 Å². The SMILES string of the molecule is COc1ccc(C(C)C)cc1S(=O)(=O)N1CCC(C(=O)Nc2ccc(C(N)=O)cc2)CC1. The molecule has 8 nitrogen and oxygen atoms in total. The van der Waals surface area contributed by atoms with Gasteiger partial charge in [-0.15, -0.1) is 0 Å². The largest absolute Gasteiger partial charge is 0.495 e. The summed E-state index contributed by atoms with van der Waals surface area (Å²) in [4.78, 5) is 24.0. The molecule has 1 saturated heterocycles. The van der Waals surface area contributed by atoms with E-state index in [-0.39, 0.29) is 35.7 Å². The van der Waals surface area contributed by atoms with E-state index in [0.29, 0.717) is 29.8 Å². The predicted octanol–water partition coefficient (Wildman–Crippen LogP) is 2.96. The molecule has 1 fully saturated rings. The molecule has 1 heterocycles. The van der Waals surface area contributed by atoms with Crippen molar-refractivity contribution in [2.24, 2.45) is 11.7 Å². The minimum Gasteiger partial charge on any atom is -0.495 e. The minimum atomic E-state index is -3.75. The van der Waals surface area contributed by atoms with Crippen LogP contribution in [0.3, 0.4) is 0 Å². The van der Waals surface area contributed by atoms with E-state index >= 15 is 0 Å². The van der Waals surface area contributed by atoms with E-state index in [2.05, 4.69) is 5.32 Å². The molecule has 1 aliphatic rings. The number of carbonyl (C=O) groups excluding carboxylic acids is 2. The minimum absolute atomic E-state index is 0.156. The second-order valence-corrected chi connectivity index (χ2v) is 10.1. The lowest BCUT2D eigenvalue weighted by atomic mass is 9.97. The van der Waals surface area contributed by atoms with Crippen LogP contribution < -0.4 is 15.8 Å². The van der Waals surface area contributed by atoms with E-state index in [1.807, 2.05) is 19.9 Å². The molecule has 0 radical (unpaired) electrons. The summed E-state index contributed by atoms with van der Waals surface area (Å²) in [6, 6.07) is 11.6. The molecule has 2 aromatic carbocycles. The topological polar surface area (TPSA) is 119 Å². The first-order valence-electron chi connectivity index (χ1n) is 10.5. The third-order valence-electron chi connectivity index (χ3n) is 5.73. The molecule has 3 N–H and O–H groups in total. The molecule has 0 atom stereocenters. The first kappa shape index (κ1) is 23.7. The summed E-state index contributed by atoms with van der Waals surface area (Å²) in [6.45, 7) is 4.50. The molecule has 2 aromatic rings. The van der Waals surface area contributed by atoms with Crippen molar-refractivity contribution in [3.05, 3.63) is 53.6 Å². The third-order valence-corrected chi connectivity index (χ3v) is 7.65. The summed E-state index contributed by atoms with van der Waals surface area (Å²) in [5.74, 6) is -0.517. The average molecular weight is 460 g/mol. The van der Waals surface area contributed by atoms with Crippen molar-refractivity contribution >= 4 is 27.5 Å². The normalized spacial score (nSPS) is 15.5. The van der Waals surface area contributed by atoms with Gasteiger partial charge in [0.2, 0.25) is 21.8 Å². The van der Waals surface area contributed by atoms with Crippen LogP contribution in [0.2, 0.25) is 0 Å². The van der Waals surface area contributed by atoms with Crippen molar-refractivity contribution in [2.75, 3.05) is 25.5 Å². The fourth-order valence-electron chi connectivity index (χ4n) is 3.71. The molecule has 0 aromatic heterocycles. The van der Waals surface area contributed by atoms with Gasteiger partial charge in [-0.1, -0.05) is 19.9 Å². The number of piperidine rings is 1. The van der Waals surface area contributed by atoms with Crippen LogP contribution >= 0.6 is 0 Å². The number of nitrogens with one attached hydrogen (secondary N) is 1. The molecule has 0 bridgehead atoms. The Bertz CT molecular complexity index is 1090. The summed E-state index contributed by atoms with van der Waals surface area (Å²) in [6.07, 6.45) is 0.827. The highest BCUT2D eigenvalue weighted by Crippen LogP contribution is 2.32. The lowest BCUT2D eigenvalue weighted by Crippen LogP contribution is -2.41. The Balaban J connectivity index is 1.67. The van der Waals surface area contributed by atoms with Crippen LogP contribution in [0.1, 0.15) is 48.5 Å². The highest BCUT2D eigenvalue weighted by Gasteiger charge is 2.34. The number of methoxy groups -OCH3 is 1. The van der Waals surface area contributed by atoms with Crippen molar-refractivity contribution in [3.63, 3.8) is 0 Å². The number of benzene rings is 2. The van der Waals surface area contributed by atoms with Crippen LogP contribution in [-0.4, -0.2) is 44.7 Å². The van der Waals surface area contributed by atoms with E-state index in [4.69, 9.17) is 10.5 Å². The first-order valence-corrected chi connectivity index (χ1v) is 12.0. The van der Waals surface area contributed by atoms with Gasteiger partial charge in [0.05, 0.1) is 7.11 Å². The smallest absolute Gasteiger partial charge is 0.248 e. The van der Waals surface area contributed by atoms with Gasteiger partial charge in [0.15, 0.2) is 0 Å². The quantitative estimate of drug-likeness (QED) is 0.660. The molecular weight excluding hydrogens is 430 g/mol. The van der Waals surface area contributed by atoms with Gasteiger partial charge in [0, 0.05) is 30.3 Å². The predicted molar refractivity (Wildman–Crippen MR) is 122 cm³/mol. The van der Waals surface area contributed by atoms with E-state index in [9.17, 15) is 18.0 Å². The Labute approximate surface area is 188 Å². The molecule has 0 unspecified atom stereocenters. The zero-order valence-corrected chi connectivity index (χ0v) is 19.3. The first-order chi connectivity index (χ1) is 15.1. The second-order valence-electron chi connectivity index (χ2n) is 8.17. The Morgan fingerprint density at radius 3 is 2.25 bits per heavy atom. The number of nitrogens with two attached hydrogens (primary N) is 1. The van der Waals surface area contributed by atoms with Gasteiger partial charge in [-0.05, 0) is 60.7 Å². The Hall–Kier alpha value is -2.91. The summed E-state index contributed by atoms with van der Waals surface area (Å²) < 4.78 is 33.3. The molecule has 9 heteroatoms. The molecule has 172 valence electrons. The van der Waals surface area contributed by atoms with Crippen molar-refractivity contribution in [3.8, 4) is 5.75 Å². The molecule has 2 amide bonds. The maximum atomic E-state index is 13.3. The summed E-state index contributed by atoms with van der Waals surface area (Å²) in [7, 11) is -2.29. The number of hydrogen-bond donors (Lipinski definition) is 2. The zero-order chi connectivity index (χ0) is 23.5. The van der Waals surface area contributed by atoms with Crippen LogP contribution in [0.15, 0.2) is 47.4 Å². The fourth-order valence-corrected chi connectivity index (χ4v) is 5.37. The maximum absolute atomic E-state index is 13.3. The van der Waals surface area contributed by atoms with Gasteiger partial charge in [-0.3, -0.25) is 9.59 Å². The van der Waals surface area contributed by atoms with Crippen LogP contribution in [0.4, 0.5) is 5.69 Å². The Kier molecular flexibility index (Phi) is 7.20. The number of anilines is 1. The number of hydrogen-bond acceptors (Lipinski definition) is 5.